The van der Waals surface area contributed by atoms with Gasteiger partial charge in [0.1, 0.15) is 41.8 Å². The summed E-state index contributed by atoms with van der Waals surface area (Å²) in [5, 5.41) is 59.2. The fourth-order valence-electron chi connectivity index (χ4n) is 6.88. The van der Waals surface area contributed by atoms with E-state index in [1.807, 2.05) is 41.7 Å². The number of nitrogen functional groups attached to an aromatic ring is 1. The number of carboxylic acids is 2. The van der Waals surface area contributed by atoms with Crippen molar-refractivity contribution >= 4 is 52.8 Å². The molecule has 1 heterocycles. The predicted octanol–water partition coefficient (Wildman–Crippen LogP) is 0.320. The van der Waals surface area contributed by atoms with Crippen molar-refractivity contribution in [3.05, 3.63) is 78.1 Å². The number of rotatable bonds is 42. The second-order valence-corrected chi connectivity index (χ2v) is 17.1. The number of carbonyl (C=O) groups excluding carboxylic acids is 4. The summed E-state index contributed by atoms with van der Waals surface area (Å²) in [5.74, 6) is -5.12. The fourth-order valence-corrected chi connectivity index (χ4v) is 6.88. The van der Waals surface area contributed by atoms with Crippen LogP contribution in [0.1, 0.15) is 87.4 Å². The van der Waals surface area contributed by atoms with Crippen LogP contribution >= 0.6 is 0 Å². The Morgan fingerprint density at radius 2 is 1.32 bits per heavy atom. The monoisotopic (exact) mass is 1050 g/mol. The number of hydrogen-bond acceptors (Lipinski definition) is 17. The van der Waals surface area contributed by atoms with Crippen LogP contribution in [0, 0.1) is 10.8 Å². The molecular formula is C49H73N13O13. The summed E-state index contributed by atoms with van der Waals surface area (Å²) in [6, 6.07) is 10.7. The van der Waals surface area contributed by atoms with Crippen molar-refractivity contribution < 1.29 is 63.0 Å². The molecule has 3 rings (SSSR count). The van der Waals surface area contributed by atoms with E-state index in [1.54, 1.807) is 12.1 Å². The molecule has 1 aromatic heterocycles. The van der Waals surface area contributed by atoms with Crippen molar-refractivity contribution in [2.45, 2.75) is 102 Å². The molecule has 0 aliphatic carbocycles. The van der Waals surface area contributed by atoms with E-state index in [0.29, 0.717) is 38.4 Å². The van der Waals surface area contributed by atoms with Gasteiger partial charge in [-0.2, -0.15) is 0 Å². The molecule has 26 heteroatoms. The largest absolute Gasteiger partial charge is 0.494 e. The molecule has 0 aliphatic rings. The van der Waals surface area contributed by atoms with Crippen molar-refractivity contribution in [1.82, 2.24) is 47.1 Å². The first-order chi connectivity index (χ1) is 36.1. The number of aromatic nitrogens is 3. The topological polar surface area (TPSA) is 403 Å². The number of nitrogens with zero attached hydrogens (tertiary/aromatic N) is 3. The molecular weight excluding hydrogens is 979 g/mol. The van der Waals surface area contributed by atoms with Gasteiger partial charge in [0.15, 0.2) is 11.7 Å². The first kappa shape index (κ1) is 61.8. The van der Waals surface area contributed by atoms with Crippen molar-refractivity contribution in [3.8, 4) is 11.5 Å². The highest BCUT2D eigenvalue weighted by Crippen LogP contribution is 2.16. The molecule has 75 heavy (non-hydrogen) atoms. The van der Waals surface area contributed by atoms with Gasteiger partial charge in [-0.3, -0.25) is 34.8 Å². The highest BCUT2D eigenvalue weighted by Gasteiger charge is 2.28. The maximum absolute atomic E-state index is 13.1. The third kappa shape index (κ3) is 26.3. The number of aliphatic hydroxyl groups is 1. The molecule has 0 saturated carbocycles. The van der Waals surface area contributed by atoms with Crippen LogP contribution in [0.25, 0.3) is 5.57 Å². The quantitative estimate of drug-likeness (QED) is 0.0119. The average Bonchev–Trinajstić information content (AvgIpc) is 3.86. The number of ketones is 1. The van der Waals surface area contributed by atoms with Gasteiger partial charge in [0, 0.05) is 17.7 Å². The standard InChI is InChI=1S/C49H73N13O13/c1-33(42(64)28-56-59-38(11-10-21-54-49(52)53)46(68)55-29-43(65)57-39(27-44(66)67)47(69)58-41(31-63)48(70)71)40-30-62(61-60-40)32-73-26-25-72-24-20-34-12-16-36(17-13-34)74-22-8-6-4-2-3-5-7-9-23-75-37-18-14-35(15-19-37)45(50)51/h12-19,30,38-39,41,56,59,63H,1-11,20-29,31-32H2,(H3,50,51)(H,55,68)(H,57,65)(H,58,69)(H,66,67)(H,70,71)(H4,52,53,54). The molecule has 3 atom stereocenters. The lowest BCUT2D eigenvalue weighted by atomic mass is 10.1. The van der Waals surface area contributed by atoms with E-state index in [-0.39, 0.29) is 55.9 Å². The average molecular weight is 1050 g/mol. The Morgan fingerprint density at radius 1 is 0.707 bits per heavy atom. The number of benzene rings is 2. The van der Waals surface area contributed by atoms with Crippen molar-refractivity contribution in [1.29, 1.82) is 10.8 Å². The second kappa shape index (κ2) is 35.6. The minimum atomic E-state index is -1.75. The van der Waals surface area contributed by atoms with Crippen LogP contribution < -0.4 is 53.1 Å². The molecule has 3 aromatic rings. The van der Waals surface area contributed by atoms with E-state index in [1.165, 1.54) is 36.6 Å². The molecule has 0 fully saturated rings. The molecule has 26 nitrogen and oxygen atoms in total. The van der Waals surface area contributed by atoms with Gasteiger partial charge in [-0.05, 0) is 74.1 Å². The van der Waals surface area contributed by atoms with E-state index < -0.39 is 73.1 Å². The third-order valence-electron chi connectivity index (χ3n) is 11.1. The summed E-state index contributed by atoms with van der Waals surface area (Å²) >= 11 is 0. The van der Waals surface area contributed by atoms with Gasteiger partial charge in [-0.1, -0.05) is 62.4 Å². The molecule has 3 amide bonds. The molecule has 3 unspecified atom stereocenters. The van der Waals surface area contributed by atoms with E-state index in [2.05, 4.69) is 43.7 Å². The summed E-state index contributed by atoms with van der Waals surface area (Å²) in [4.78, 5) is 73.7. The van der Waals surface area contributed by atoms with E-state index in [4.69, 9.17) is 46.3 Å². The Balaban J connectivity index is 1.26. The Hall–Kier alpha value is -7.52. The molecule has 0 bridgehead atoms. The second-order valence-electron chi connectivity index (χ2n) is 17.1. The Labute approximate surface area is 435 Å². The first-order valence-electron chi connectivity index (χ1n) is 24.6. The number of nitrogens with two attached hydrogens (primary N) is 2. The normalized spacial score (nSPS) is 12.1. The zero-order valence-electron chi connectivity index (χ0n) is 42.1. The zero-order chi connectivity index (χ0) is 54.8. The van der Waals surface area contributed by atoms with Crippen LogP contribution in [0.15, 0.2) is 61.3 Å². The number of ether oxygens (including phenoxy) is 4. The number of aliphatic hydroxyl groups excluding tert-OH is 1. The number of unbranched alkanes of at least 4 members (excludes halogenated alkanes) is 7. The van der Waals surface area contributed by atoms with Crippen LogP contribution in [-0.4, -0.2) is 155 Å². The summed E-state index contributed by atoms with van der Waals surface area (Å²) in [6.45, 7) is 4.46. The molecule has 412 valence electrons. The Bertz CT molecular complexity index is 2280. The summed E-state index contributed by atoms with van der Waals surface area (Å²) in [7, 11) is 0. The number of amidine groups is 1. The number of carbonyl (C=O) groups is 6. The molecule has 0 radical (unpaired) electrons. The summed E-state index contributed by atoms with van der Waals surface area (Å²) < 4.78 is 24.5. The number of hydrogen-bond donors (Lipinski definition) is 13. The molecule has 15 N–H and O–H groups in total. The summed E-state index contributed by atoms with van der Waals surface area (Å²) in [5.41, 5.74) is 18.2. The Kier molecular flexibility index (Phi) is 29.3. The van der Waals surface area contributed by atoms with E-state index in [9.17, 15) is 39.0 Å². The van der Waals surface area contributed by atoms with Gasteiger partial charge in [0.05, 0.1) is 71.4 Å². The summed E-state index contributed by atoms with van der Waals surface area (Å²) in [6.07, 6.45) is 10.8. The lowest BCUT2D eigenvalue weighted by molar-refractivity contribution is -0.144. The van der Waals surface area contributed by atoms with Crippen LogP contribution in [0.2, 0.25) is 0 Å². The lowest BCUT2D eigenvalue weighted by Crippen LogP contribution is -2.56. The van der Waals surface area contributed by atoms with Gasteiger partial charge in [0.2, 0.25) is 17.7 Å². The zero-order valence-corrected chi connectivity index (χ0v) is 42.1. The van der Waals surface area contributed by atoms with Gasteiger partial charge < -0.3 is 67.0 Å². The van der Waals surface area contributed by atoms with E-state index >= 15 is 0 Å². The minimum Gasteiger partial charge on any atom is -0.494 e. The third-order valence-corrected chi connectivity index (χ3v) is 11.1. The molecule has 0 saturated heterocycles. The van der Waals surface area contributed by atoms with Crippen molar-refractivity contribution in [3.63, 3.8) is 0 Å². The molecule has 0 spiro atoms. The van der Waals surface area contributed by atoms with Gasteiger partial charge >= 0.3 is 11.9 Å². The number of guanidine groups is 1. The Morgan fingerprint density at radius 3 is 1.91 bits per heavy atom. The number of amides is 3. The number of hydrazine groups is 1. The fraction of sp³-hybridized carbons (Fsp3) is 0.510. The van der Waals surface area contributed by atoms with Crippen LogP contribution in [-0.2, 0) is 51.4 Å². The van der Waals surface area contributed by atoms with Crippen LogP contribution in [0.3, 0.4) is 0 Å². The van der Waals surface area contributed by atoms with Crippen molar-refractivity contribution in [2.75, 3.05) is 59.3 Å². The highest BCUT2D eigenvalue weighted by molar-refractivity contribution is 6.20. The van der Waals surface area contributed by atoms with Gasteiger partial charge in [-0.25, -0.2) is 20.3 Å². The van der Waals surface area contributed by atoms with Gasteiger partial charge in [-0.15, -0.1) is 5.10 Å². The molecule has 2 aromatic carbocycles. The number of carboxylic acid groups (broad SMARTS) is 2. The van der Waals surface area contributed by atoms with Gasteiger partial charge in [0.25, 0.3) is 0 Å². The molecule has 0 aliphatic heterocycles. The highest BCUT2D eigenvalue weighted by atomic mass is 16.5. The lowest BCUT2D eigenvalue weighted by Gasteiger charge is -2.21. The smallest absolute Gasteiger partial charge is 0.328 e. The maximum atomic E-state index is 13.1. The SMILES string of the molecule is C=C(C(=O)CNNC(CCCNC(=N)N)C(=O)NCC(=O)NC(CC(=O)O)C(=O)NC(CO)C(=O)O)c1cn(COCCOCCc2ccc(OCCCCCCCCCCOc3ccc(C(=N)N)cc3)cc2)nn1. The van der Waals surface area contributed by atoms with E-state index in [0.717, 1.165) is 49.2 Å². The maximum Gasteiger partial charge on any atom is 0.328 e. The number of Topliss-reactive ketones (excluding diaryl/α,β-unsaturated/α-hetero) is 1. The first-order valence-corrected chi connectivity index (χ1v) is 24.6. The van der Waals surface area contributed by atoms with Crippen LogP contribution in [0.4, 0.5) is 0 Å². The number of aliphatic carboxylic acids is 2. The predicted molar refractivity (Wildman–Crippen MR) is 274 cm³/mol. The minimum absolute atomic E-state index is 0.0136. The van der Waals surface area contributed by atoms with Crippen molar-refractivity contribution in [2.24, 2.45) is 11.5 Å². The van der Waals surface area contributed by atoms with Crippen LogP contribution in [0.5, 0.6) is 11.5 Å². The number of nitrogens with one attached hydrogen (secondary N) is 8.